The molecule has 10 heteroatoms. The zero-order valence-corrected chi connectivity index (χ0v) is 25.5. The van der Waals surface area contributed by atoms with E-state index < -0.39 is 28.5 Å². The third-order valence-corrected chi connectivity index (χ3v) is 9.11. The summed E-state index contributed by atoms with van der Waals surface area (Å²) in [4.78, 5) is 28.5. The first-order chi connectivity index (χ1) is 19.0. The lowest BCUT2D eigenvalue weighted by Crippen LogP contribution is -2.51. The standard InChI is InChI=1S/C30H35Cl2N3O4S/c1-5-6-17-33-30(37)23(4)34(19-25-26(31)13-10-14-27(25)32)29(36)20-35(28-18-21(2)15-16-22(28)3)40(38,39)24-11-8-7-9-12-24/h7-16,18,23H,5-6,17,19-20H2,1-4H3,(H,33,37)/t23-/m0/s1. The molecule has 1 atom stereocenters. The number of nitrogens with one attached hydrogen (secondary N) is 1. The smallest absolute Gasteiger partial charge is 0.264 e. The highest BCUT2D eigenvalue weighted by atomic mass is 35.5. The van der Waals surface area contributed by atoms with E-state index in [2.05, 4.69) is 5.32 Å². The first-order valence-electron chi connectivity index (χ1n) is 13.1. The van der Waals surface area contributed by atoms with Gasteiger partial charge >= 0.3 is 0 Å². The fourth-order valence-electron chi connectivity index (χ4n) is 4.19. The Kier molecular flexibility index (Phi) is 11.0. The average molecular weight is 605 g/mol. The summed E-state index contributed by atoms with van der Waals surface area (Å²) < 4.78 is 29.0. The van der Waals surface area contributed by atoms with Crippen LogP contribution in [0, 0.1) is 13.8 Å². The normalized spacial score (nSPS) is 12.1. The van der Waals surface area contributed by atoms with Crippen LogP contribution in [0.5, 0.6) is 0 Å². The van der Waals surface area contributed by atoms with Crippen molar-refractivity contribution in [3.63, 3.8) is 0 Å². The Morgan fingerprint density at radius 2 is 1.60 bits per heavy atom. The number of unbranched alkanes of at least 4 members (excludes halogenated alkanes) is 1. The van der Waals surface area contributed by atoms with E-state index in [-0.39, 0.29) is 17.3 Å². The molecule has 0 bridgehead atoms. The molecule has 0 aliphatic rings. The molecule has 3 aromatic rings. The summed E-state index contributed by atoms with van der Waals surface area (Å²) in [5.74, 6) is -0.927. The topological polar surface area (TPSA) is 86.8 Å². The molecular formula is C30H35Cl2N3O4S. The third kappa shape index (κ3) is 7.56. The molecule has 0 fully saturated rings. The summed E-state index contributed by atoms with van der Waals surface area (Å²) in [6.07, 6.45) is 1.69. The highest BCUT2D eigenvalue weighted by molar-refractivity contribution is 7.92. The number of aryl methyl sites for hydroxylation is 2. The predicted molar refractivity (Wildman–Crippen MR) is 161 cm³/mol. The number of hydrogen-bond acceptors (Lipinski definition) is 4. The van der Waals surface area contributed by atoms with E-state index in [1.54, 1.807) is 56.3 Å². The summed E-state index contributed by atoms with van der Waals surface area (Å²) in [7, 11) is -4.14. The third-order valence-electron chi connectivity index (χ3n) is 6.63. The van der Waals surface area contributed by atoms with Crippen LogP contribution < -0.4 is 9.62 Å². The molecular weight excluding hydrogens is 569 g/mol. The van der Waals surface area contributed by atoms with Crippen LogP contribution in [-0.4, -0.2) is 44.3 Å². The minimum absolute atomic E-state index is 0.0507. The maximum absolute atomic E-state index is 14.1. The largest absolute Gasteiger partial charge is 0.354 e. The van der Waals surface area contributed by atoms with Gasteiger partial charge < -0.3 is 10.2 Å². The summed E-state index contributed by atoms with van der Waals surface area (Å²) in [5, 5.41) is 3.54. The van der Waals surface area contributed by atoms with Gasteiger partial charge in [0.05, 0.1) is 10.6 Å². The number of hydrogen-bond donors (Lipinski definition) is 1. The minimum atomic E-state index is -4.14. The molecule has 0 aliphatic heterocycles. The van der Waals surface area contributed by atoms with Crippen LogP contribution in [0.4, 0.5) is 5.69 Å². The van der Waals surface area contributed by atoms with Gasteiger partial charge in [0, 0.05) is 28.7 Å². The van der Waals surface area contributed by atoms with E-state index in [4.69, 9.17) is 23.2 Å². The van der Waals surface area contributed by atoms with Crippen molar-refractivity contribution in [2.45, 2.75) is 58.0 Å². The zero-order chi connectivity index (χ0) is 29.4. The molecule has 214 valence electrons. The van der Waals surface area contributed by atoms with Gasteiger partial charge in [0.1, 0.15) is 12.6 Å². The summed E-state index contributed by atoms with van der Waals surface area (Å²) >= 11 is 12.9. The zero-order valence-electron chi connectivity index (χ0n) is 23.2. The molecule has 2 amide bonds. The first kappa shape index (κ1) is 31.5. The van der Waals surface area contributed by atoms with E-state index in [1.807, 2.05) is 26.0 Å². The Labute approximate surface area is 247 Å². The van der Waals surface area contributed by atoms with Crippen molar-refractivity contribution >= 4 is 50.7 Å². The second-order valence-corrected chi connectivity index (χ2v) is 12.3. The van der Waals surface area contributed by atoms with Crippen molar-refractivity contribution < 1.29 is 18.0 Å². The van der Waals surface area contributed by atoms with E-state index >= 15 is 0 Å². The molecule has 40 heavy (non-hydrogen) atoms. The number of carbonyl (C=O) groups is 2. The van der Waals surface area contributed by atoms with Gasteiger partial charge in [-0.15, -0.1) is 0 Å². The number of sulfonamides is 1. The van der Waals surface area contributed by atoms with Crippen LogP contribution in [0.25, 0.3) is 0 Å². The van der Waals surface area contributed by atoms with E-state index in [0.29, 0.717) is 33.4 Å². The molecule has 0 aromatic heterocycles. The number of carbonyl (C=O) groups excluding carboxylic acids is 2. The fraction of sp³-hybridized carbons (Fsp3) is 0.333. The lowest BCUT2D eigenvalue weighted by Gasteiger charge is -2.33. The summed E-state index contributed by atoms with van der Waals surface area (Å²) in [6, 6.07) is 17.5. The lowest BCUT2D eigenvalue weighted by molar-refractivity contribution is -0.139. The van der Waals surface area contributed by atoms with Gasteiger partial charge in [0.2, 0.25) is 11.8 Å². The average Bonchev–Trinajstić information content (AvgIpc) is 2.93. The van der Waals surface area contributed by atoms with Crippen LogP contribution in [0.3, 0.4) is 0 Å². The molecule has 1 N–H and O–H groups in total. The lowest BCUT2D eigenvalue weighted by atomic mass is 10.1. The molecule has 0 unspecified atom stereocenters. The van der Waals surface area contributed by atoms with Crippen molar-refractivity contribution in [2.24, 2.45) is 0 Å². The van der Waals surface area contributed by atoms with E-state index in [9.17, 15) is 18.0 Å². The number of benzene rings is 3. The van der Waals surface area contributed by atoms with Crippen LogP contribution in [-0.2, 0) is 26.2 Å². The van der Waals surface area contributed by atoms with Crippen LogP contribution in [0.15, 0.2) is 71.6 Å². The first-order valence-corrected chi connectivity index (χ1v) is 15.3. The van der Waals surface area contributed by atoms with Gasteiger partial charge in [-0.25, -0.2) is 8.42 Å². The van der Waals surface area contributed by atoms with E-state index in [1.165, 1.54) is 17.0 Å². The second-order valence-electron chi connectivity index (χ2n) is 9.66. The maximum Gasteiger partial charge on any atom is 0.264 e. The number of rotatable bonds is 12. The molecule has 3 rings (SSSR count). The molecule has 3 aromatic carbocycles. The van der Waals surface area contributed by atoms with Gasteiger partial charge in [-0.1, -0.05) is 72.9 Å². The Morgan fingerprint density at radius 1 is 0.950 bits per heavy atom. The molecule has 0 saturated heterocycles. The highest BCUT2D eigenvalue weighted by Crippen LogP contribution is 2.30. The van der Waals surface area contributed by atoms with Gasteiger partial charge in [0.15, 0.2) is 0 Å². The van der Waals surface area contributed by atoms with Crippen molar-refractivity contribution in [3.05, 3.63) is 93.5 Å². The molecule has 0 saturated carbocycles. The Hall–Kier alpha value is -3.07. The molecule has 0 aliphatic carbocycles. The van der Waals surface area contributed by atoms with Gasteiger partial charge in [-0.05, 0) is 68.7 Å². The van der Waals surface area contributed by atoms with Crippen molar-refractivity contribution in [2.75, 3.05) is 17.4 Å². The van der Waals surface area contributed by atoms with Crippen LogP contribution in [0.1, 0.15) is 43.4 Å². The maximum atomic E-state index is 14.1. The fourth-order valence-corrected chi connectivity index (χ4v) is 6.20. The van der Waals surface area contributed by atoms with Gasteiger partial charge in [-0.3, -0.25) is 13.9 Å². The molecule has 0 spiro atoms. The van der Waals surface area contributed by atoms with Crippen molar-refractivity contribution in [1.82, 2.24) is 10.2 Å². The summed E-state index contributed by atoms with van der Waals surface area (Å²) in [5.41, 5.74) is 2.37. The SMILES string of the molecule is CCCCNC(=O)[C@H](C)N(Cc1c(Cl)cccc1Cl)C(=O)CN(c1cc(C)ccc1C)S(=O)(=O)c1ccccc1. The molecule has 0 radical (unpaired) electrons. The number of nitrogens with zero attached hydrogens (tertiary/aromatic N) is 2. The Morgan fingerprint density at radius 3 is 2.23 bits per heavy atom. The number of anilines is 1. The molecule has 0 heterocycles. The second kappa shape index (κ2) is 14.0. The Balaban J connectivity index is 2.07. The molecule has 7 nitrogen and oxygen atoms in total. The monoisotopic (exact) mass is 603 g/mol. The van der Waals surface area contributed by atoms with Gasteiger partial charge in [0.25, 0.3) is 10.0 Å². The highest BCUT2D eigenvalue weighted by Gasteiger charge is 2.33. The van der Waals surface area contributed by atoms with Crippen LogP contribution in [0.2, 0.25) is 10.0 Å². The van der Waals surface area contributed by atoms with E-state index in [0.717, 1.165) is 22.7 Å². The van der Waals surface area contributed by atoms with Crippen molar-refractivity contribution in [3.8, 4) is 0 Å². The van der Waals surface area contributed by atoms with Crippen LogP contribution >= 0.6 is 23.2 Å². The predicted octanol–water partition coefficient (Wildman–Crippen LogP) is 6.14. The quantitative estimate of drug-likeness (QED) is 0.252. The summed E-state index contributed by atoms with van der Waals surface area (Å²) in [6.45, 7) is 7.12. The minimum Gasteiger partial charge on any atom is -0.354 e. The number of amides is 2. The van der Waals surface area contributed by atoms with Gasteiger partial charge in [-0.2, -0.15) is 0 Å². The van der Waals surface area contributed by atoms with Crippen molar-refractivity contribution in [1.29, 1.82) is 0 Å². The Bertz CT molecular complexity index is 1430. The number of halogens is 2.